The minimum atomic E-state index is -0.00891. The zero-order chi connectivity index (χ0) is 22.9. The van der Waals surface area contributed by atoms with Crippen molar-refractivity contribution < 1.29 is 19.0 Å². The molecule has 3 aromatic rings. The van der Waals surface area contributed by atoms with Crippen LogP contribution < -0.4 is 14.2 Å². The summed E-state index contributed by atoms with van der Waals surface area (Å²) in [4.78, 5) is 15.1. The Kier molecular flexibility index (Phi) is 8.14. The van der Waals surface area contributed by atoms with Crippen LogP contribution in [0.3, 0.4) is 0 Å². The number of benzene rings is 3. The Balaban J connectivity index is 1.77. The predicted octanol–water partition coefficient (Wildman–Crippen LogP) is 5.72. The first-order valence-corrected chi connectivity index (χ1v) is 10.8. The molecule has 0 aliphatic rings. The van der Waals surface area contributed by atoms with Crippen LogP contribution in [0.25, 0.3) is 0 Å². The van der Waals surface area contributed by atoms with E-state index < -0.39 is 0 Å². The van der Waals surface area contributed by atoms with Crippen LogP contribution in [0.5, 0.6) is 17.2 Å². The maximum atomic E-state index is 13.3. The molecular formula is C27H31NO4. The Hall–Kier alpha value is -3.47. The fraction of sp³-hybridized carbons (Fsp3) is 0.296. The van der Waals surface area contributed by atoms with E-state index in [1.165, 1.54) is 0 Å². The molecule has 0 fully saturated rings. The van der Waals surface area contributed by atoms with E-state index in [9.17, 15) is 4.79 Å². The van der Waals surface area contributed by atoms with Gasteiger partial charge >= 0.3 is 0 Å². The molecule has 0 aliphatic carbocycles. The lowest BCUT2D eigenvalue weighted by atomic mass is 10.1. The molecule has 5 heteroatoms. The number of carbonyl (C=O) groups is 1. The summed E-state index contributed by atoms with van der Waals surface area (Å²) in [5.41, 5.74) is 2.71. The van der Waals surface area contributed by atoms with Crippen LogP contribution >= 0.6 is 0 Å². The van der Waals surface area contributed by atoms with Crippen molar-refractivity contribution in [3.8, 4) is 17.2 Å². The minimum absolute atomic E-state index is 0.00891. The van der Waals surface area contributed by atoms with Gasteiger partial charge in [-0.2, -0.15) is 0 Å². The number of rotatable bonds is 10. The third-order valence-corrected chi connectivity index (χ3v) is 5.54. The van der Waals surface area contributed by atoms with Crippen LogP contribution in [0, 0.1) is 0 Å². The molecule has 0 aliphatic heterocycles. The molecule has 168 valence electrons. The van der Waals surface area contributed by atoms with Crippen LogP contribution in [-0.2, 0) is 13.2 Å². The summed E-state index contributed by atoms with van der Waals surface area (Å²) in [6.07, 6.45) is 0.858. The van der Waals surface area contributed by atoms with E-state index >= 15 is 0 Å². The Morgan fingerprint density at radius 2 is 1.59 bits per heavy atom. The fourth-order valence-corrected chi connectivity index (χ4v) is 3.41. The van der Waals surface area contributed by atoms with Gasteiger partial charge in [-0.3, -0.25) is 4.79 Å². The molecule has 0 N–H and O–H groups in total. The van der Waals surface area contributed by atoms with Gasteiger partial charge in [-0.05, 0) is 60.9 Å². The number of nitrogens with zero attached hydrogens (tertiary/aromatic N) is 1. The van der Waals surface area contributed by atoms with Gasteiger partial charge in [-0.25, -0.2) is 0 Å². The molecular weight excluding hydrogens is 402 g/mol. The van der Waals surface area contributed by atoms with E-state index in [0.29, 0.717) is 30.2 Å². The zero-order valence-corrected chi connectivity index (χ0v) is 19.2. The molecule has 32 heavy (non-hydrogen) atoms. The van der Waals surface area contributed by atoms with Crippen LogP contribution in [0.4, 0.5) is 0 Å². The molecule has 5 nitrogen and oxygen atoms in total. The maximum absolute atomic E-state index is 13.3. The highest BCUT2D eigenvalue weighted by molar-refractivity contribution is 5.94. The van der Waals surface area contributed by atoms with Gasteiger partial charge in [-0.1, -0.05) is 43.3 Å². The van der Waals surface area contributed by atoms with Crippen LogP contribution in [0.1, 0.15) is 41.8 Å². The van der Waals surface area contributed by atoms with E-state index in [4.69, 9.17) is 14.2 Å². The van der Waals surface area contributed by atoms with E-state index in [-0.39, 0.29) is 11.9 Å². The molecule has 0 aromatic heterocycles. The maximum Gasteiger partial charge on any atom is 0.254 e. The quantitative estimate of drug-likeness (QED) is 0.410. The topological polar surface area (TPSA) is 48.0 Å². The first kappa shape index (κ1) is 23.2. The van der Waals surface area contributed by atoms with Gasteiger partial charge in [0.05, 0.1) is 14.2 Å². The molecule has 0 saturated carbocycles. The lowest BCUT2D eigenvalue weighted by Gasteiger charge is -2.29. The largest absolute Gasteiger partial charge is 0.497 e. The molecule has 3 aromatic carbocycles. The number of hydrogen-bond donors (Lipinski definition) is 0. The predicted molar refractivity (Wildman–Crippen MR) is 126 cm³/mol. The van der Waals surface area contributed by atoms with Crippen molar-refractivity contribution in [3.05, 3.63) is 89.5 Å². The summed E-state index contributed by atoms with van der Waals surface area (Å²) >= 11 is 0. The van der Waals surface area contributed by atoms with Gasteiger partial charge in [0.2, 0.25) is 0 Å². The van der Waals surface area contributed by atoms with E-state index in [1.54, 1.807) is 26.4 Å². The van der Waals surface area contributed by atoms with E-state index in [2.05, 4.69) is 13.8 Å². The molecule has 1 amide bonds. The van der Waals surface area contributed by atoms with Crippen molar-refractivity contribution >= 4 is 5.91 Å². The Labute approximate surface area is 190 Å². The third-order valence-electron chi connectivity index (χ3n) is 5.54. The number of carbonyl (C=O) groups excluding carboxylic acids is 1. The first-order chi connectivity index (χ1) is 15.5. The lowest BCUT2D eigenvalue weighted by Crippen LogP contribution is -2.37. The summed E-state index contributed by atoms with van der Waals surface area (Å²) in [5, 5.41) is 0. The summed E-state index contributed by atoms with van der Waals surface area (Å²) in [5.74, 6) is 2.05. The standard InChI is InChI=1S/C27H31NO4/c1-5-20(2)28(27(29)23-12-14-24(30-3)15-13-23)18-22-11-16-25(26(17-22)31-4)32-19-21-9-7-6-8-10-21/h6-17,20H,5,18-19H2,1-4H3. The van der Waals surface area contributed by atoms with Crippen LogP contribution in [0.15, 0.2) is 72.8 Å². The smallest absolute Gasteiger partial charge is 0.254 e. The molecule has 0 spiro atoms. The number of hydrogen-bond acceptors (Lipinski definition) is 4. The van der Waals surface area contributed by atoms with Crippen LogP contribution in [-0.4, -0.2) is 31.1 Å². The van der Waals surface area contributed by atoms with Crippen molar-refractivity contribution in [3.63, 3.8) is 0 Å². The summed E-state index contributed by atoms with van der Waals surface area (Å²) in [6, 6.07) is 23.2. The van der Waals surface area contributed by atoms with Gasteiger partial charge in [0.25, 0.3) is 5.91 Å². The molecule has 0 saturated heterocycles. The molecule has 1 unspecified atom stereocenters. The zero-order valence-electron chi connectivity index (χ0n) is 19.2. The second kappa shape index (κ2) is 11.2. The van der Waals surface area contributed by atoms with Crippen LogP contribution in [0.2, 0.25) is 0 Å². The number of amides is 1. The third kappa shape index (κ3) is 5.82. The monoisotopic (exact) mass is 433 g/mol. The summed E-state index contributed by atoms with van der Waals surface area (Å²) in [7, 11) is 3.24. The Morgan fingerprint density at radius 3 is 2.22 bits per heavy atom. The van der Waals surface area contributed by atoms with Crippen molar-refractivity contribution in [1.82, 2.24) is 4.90 Å². The molecule has 3 rings (SSSR count). The fourth-order valence-electron chi connectivity index (χ4n) is 3.41. The van der Waals surface area contributed by atoms with Gasteiger partial charge in [0, 0.05) is 18.2 Å². The minimum Gasteiger partial charge on any atom is -0.497 e. The van der Waals surface area contributed by atoms with E-state index in [1.807, 2.05) is 65.6 Å². The average Bonchev–Trinajstić information content (AvgIpc) is 2.86. The molecule has 0 bridgehead atoms. The van der Waals surface area contributed by atoms with Gasteiger partial charge in [-0.15, -0.1) is 0 Å². The lowest BCUT2D eigenvalue weighted by molar-refractivity contribution is 0.0671. The SMILES string of the molecule is CCC(C)N(Cc1ccc(OCc2ccccc2)c(OC)c1)C(=O)c1ccc(OC)cc1. The van der Waals surface area contributed by atoms with Crippen molar-refractivity contribution in [2.45, 2.75) is 39.5 Å². The highest BCUT2D eigenvalue weighted by Gasteiger charge is 2.21. The second-order valence-electron chi connectivity index (χ2n) is 7.68. The van der Waals surface area contributed by atoms with Gasteiger partial charge < -0.3 is 19.1 Å². The summed E-state index contributed by atoms with van der Waals surface area (Å²) < 4.78 is 16.7. The molecule has 1 atom stereocenters. The normalized spacial score (nSPS) is 11.5. The summed E-state index contributed by atoms with van der Waals surface area (Å²) in [6.45, 7) is 5.09. The molecule has 0 heterocycles. The Bertz CT molecular complexity index is 1000. The average molecular weight is 434 g/mol. The Morgan fingerprint density at radius 1 is 0.875 bits per heavy atom. The number of ether oxygens (including phenoxy) is 3. The van der Waals surface area contributed by atoms with Crippen molar-refractivity contribution in [2.24, 2.45) is 0 Å². The van der Waals surface area contributed by atoms with Crippen molar-refractivity contribution in [2.75, 3.05) is 14.2 Å². The molecule has 0 radical (unpaired) electrons. The highest BCUT2D eigenvalue weighted by Crippen LogP contribution is 2.30. The van der Waals surface area contributed by atoms with Gasteiger partial charge in [0.1, 0.15) is 12.4 Å². The highest BCUT2D eigenvalue weighted by atomic mass is 16.5. The first-order valence-electron chi connectivity index (χ1n) is 10.8. The van der Waals surface area contributed by atoms with Gasteiger partial charge in [0.15, 0.2) is 11.5 Å². The van der Waals surface area contributed by atoms with E-state index in [0.717, 1.165) is 23.3 Å². The van der Waals surface area contributed by atoms with Crippen molar-refractivity contribution in [1.29, 1.82) is 0 Å². The second-order valence-corrected chi connectivity index (χ2v) is 7.68. The number of methoxy groups -OCH3 is 2.